The molecule has 0 aliphatic heterocycles. The number of benzene rings is 3. The quantitative estimate of drug-likeness (QED) is 0.287. The minimum Gasteiger partial charge on any atom is -0.491 e. The van der Waals surface area contributed by atoms with Crippen molar-refractivity contribution < 1.29 is 4.74 Å². The third-order valence-electron chi connectivity index (χ3n) is 7.23. The fraction of sp³-hybridized carbons (Fsp3) is 0.438. The number of rotatable bonds is 7. The zero-order valence-corrected chi connectivity index (χ0v) is 25.5. The van der Waals surface area contributed by atoms with Crippen LogP contribution in [0.1, 0.15) is 100 Å². The molecule has 3 aromatic carbocycles. The van der Waals surface area contributed by atoms with Gasteiger partial charge in [-0.25, -0.2) is 0 Å². The number of ether oxygens (including phenoxy) is 1. The Labute approximate surface area is 233 Å². The van der Waals surface area contributed by atoms with Crippen molar-refractivity contribution in [2.75, 3.05) is 0 Å². The van der Waals surface area contributed by atoms with Crippen LogP contribution in [-0.4, -0.2) is 6.10 Å². The molecule has 0 saturated heterocycles. The van der Waals surface area contributed by atoms with Crippen LogP contribution in [-0.2, 0) is 10.8 Å². The standard InChI is InChI=1S/C32H39Cl3O/c1-18(2)22-14-28(34)24(15-27(22)33)32(9,10)26-16-29(35)25(17-30(26)36-19(3)4)31(7,8)23-13-20(5)11-12-21(23)6/h11-19H,1-10H3. The Morgan fingerprint density at radius 1 is 0.639 bits per heavy atom. The van der Waals surface area contributed by atoms with E-state index in [-0.39, 0.29) is 17.4 Å². The van der Waals surface area contributed by atoms with Gasteiger partial charge in [0.05, 0.1) is 6.10 Å². The van der Waals surface area contributed by atoms with Crippen LogP contribution in [0.25, 0.3) is 0 Å². The van der Waals surface area contributed by atoms with E-state index in [1.165, 1.54) is 16.7 Å². The molecule has 0 unspecified atom stereocenters. The minimum atomic E-state index is -0.494. The van der Waals surface area contributed by atoms with Gasteiger partial charge in [0.2, 0.25) is 0 Å². The zero-order valence-electron chi connectivity index (χ0n) is 23.2. The number of aryl methyl sites for hydroxylation is 2. The Balaban J connectivity index is 2.25. The first-order valence-corrected chi connectivity index (χ1v) is 13.8. The third kappa shape index (κ3) is 5.59. The van der Waals surface area contributed by atoms with Crippen LogP contribution in [0, 0.1) is 13.8 Å². The molecule has 0 heterocycles. The van der Waals surface area contributed by atoms with Gasteiger partial charge < -0.3 is 4.74 Å². The van der Waals surface area contributed by atoms with Gasteiger partial charge in [-0.3, -0.25) is 0 Å². The summed E-state index contributed by atoms with van der Waals surface area (Å²) < 4.78 is 6.43. The van der Waals surface area contributed by atoms with Crippen molar-refractivity contribution in [2.24, 2.45) is 0 Å². The first kappa shape index (κ1) is 28.9. The Bertz CT molecular complexity index is 1270. The van der Waals surface area contributed by atoms with E-state index >= 15 is 0 Å². The molecule has 0 N–H and O–H groups in total. The van der Waals surface area contributed by atoms with Gasteiger partial charge in [0.15, 0.2) is 0 Å². The Morgan fingerprint density at radius 2 is 1.17 bits per heavy atom. The van der Waals surface area contributed by atoms with Gasteiger partial charge in [-0.1, -0.05) is 100 Å². The summed E-state index contributed by atoms with van der Waals surface area (Å²) in [7, 11) is 0. The molecule has 0 aliphatic rings. The summed E-state index contributed by atoms with van der Waals surface area (Å²) >= 11 is 20.7. The molecular weight excluding hydrogens is 507 g/mol. The molecule has 0 fully saturated rings. The second-order valence-corrected chi connectivity index (χ2v) is 12.8. The predicted octanol–water partition coefficient (Wildman–Crippen LogP) is 10.8. The first-order chi connectivity index (χ1) is 16.6. The Hall–Kier alpha value is -1.67. The van der Waals surface area contributed by atoms with Crippen molar-refractivity contribution in [3.05, 3.63) is 96.5 Å². The third-order valence-corrected chi connectivity index (χ3v) is 8.18. The molecule has 0 aromatic heterocycles. The van der Waals surface area contributed by atoms with E-state index < -0.39 is 5.41 Å². The summed E-state index contributed by atoms with van der Waals surface area (Å²) in [6, 6.07) is 14.8. The highest BCUT2D eigenvalue weighted by molar-refractivity contribution is 6.34. The zero-order chi connectivity index (χ0) is 27.2. The normalized spacial score (nSPS) is 12.5. The maximum atomic E-state index is 7.08. The lowest BCUT2D eigenvalue weighted by atomic mass is 9.73. The molecule has 0 spiro atoms. The van der Waals surface area contributed by atoms with Gasteiger partial charge in [0.25, 0.3) is 0 Å². The second kappa shape index (κ2) is 10.6. The molecule has 1 nitrogen and oxygen atoms in total. The smallest absolute Gasteiger partial charge is 0.124 e. The monoisotopic (exact) mass is 544 g/mol. The Morgan fingerprint density at radius 3 is 1.75 bits per heavy atom. The maximum absolute atomic E-state index is 7.08. The highest BCUT2D eigenvalue weighted by Gasteiger charge is 2.34. The number of halogens is 3. The van der Waals surface area contributed by atoms with Crippen LogP contribution in [0.3, 0.4) is 0 Å². The Kier molecular flexibility index (Phi) is 8.51. The summed E-state index contributed by atoms with van der Waals surface area (Å²) in [4.78, 5) is 0. The SMILES string of the molecule is Cc1ccc(C)c(C(C)(C)c2cc(OC(C)C)c(C(C)(C)c3cc(Cl)c(C(C)C)cc3Cl)cc2Cl)c1. The van der Waals surface area contributed by atoms with Gasteiger partial charge in [-0.05, 0) is 85.7 Å². The van der Waals surface area contributed by atoms with Gasteiger partial charge in [0, 0.05) is 31.5 Å². The lowest BCUT2D eigenvalue weighted by Crippen LogP contribution is -2.25. The number of hydrogen-bond acceptors (Lipinski definition) is 1. The fourth-order valence-electron chi connectivity index (χ4n) is 5.06. The molecule has 4 heteroatoms. The average Bonchev–Trinajstić information content (AvgIpc) is 2.76. The summed E-state index contributed by atoms with van der Waals surface area (Å²) in [6.07, 6.45) is -0.000213. The van der Waals surface area contributed by atoms with E-state index in [9.17, 15) is 0 Å². The predicted molar refractivity (Wildman–Crippen MR) is 158 cm³/mol. The van der Waals surface area contributed by atoms with Crippen molar-refractivity contribution in [1.29, 1.82) is 0 Å². The summed E-state index contributed by atoms with van der Waals surface area (Å²) in [5.41, 5.74) is 6.93. The molecule has 0 aliphatic carbocycles. The van der Waals surface area contributed by atoms with E-state index in [2.05, 4.69) is 85.7 Å². The molecule has 0 atom stereocenters. The lowest BCUT2D eigenvalue weighted by Gasteiger charge is -2.34. The molecule has 0 bridgehead atoms. The number of hydrogen-bond donors (Lipinski definition) is 0. The lowest BCUT2D eigenvalue weighted by molar-refractivity contribution is 0.237. The van der Waals surface area contributed by atoms with Crippen LogP contribution < -0.4 is 4.74 Å². The second-order valence-electron chi connectivity index (χ2n) is 11.6. The van der Waals surface area contributed by atoms with E-state index in [1.807, 2.05) is 26.0 Å². The first-order valence-electron chi connectivity index (χ1n) is 12.7. The van der Waals surface area contributed by atoms with Crippen molar-refractivity contribution in [1.82, 2.24) is 0 Å². The molecule has 3 rings (SSSR count). The summed E-state index contributed by atoms with van der Waals surface area (Å²) in [6.45, 7) is 21.3. The van der Waals surface area contributed by atoms with Gasteiger partial charge in [-0.2, -0.15) is 0 Å². The van der Waals surface area contributed by atoms with Gasteiger partial charge >= 0.3 is 0 Å². The van der Waals surface area contributed by atoms with Crippen LogP contribution in [0.4, 0.5) is 0 Å². The molecule has 36 heavy (non-hydrogen) atoms. The van der Waals surface area contributed by atoms with Crippen LogP contribution in [0.5, 0.6) is 5.75 Å². The summed E-state index contributed by atoms with van der Waals surface area (Å²) in [5.74, 6) is 1.10. The molecule has 0 saturated carbocycles. The molecule has 194 valence electrons. The molecule has 3 aromatic rings. The molecule has 0 amide bonds. The van der Waals surface area contributed by atoms with Crippen molar-refractivity contribution in [2.45, 2.75) is 92.1 Å². The maximum Gasteiger partial charge on any atom is 0.124 e. The molecular formula is C32H39Cl3O. The van der Waals surface area contributed by atoms with Crippen molar-refractivity contribution in [3.8, 4) is 5.75 Å². The highest BCUT2D eigenvalue weighted by Crippen LogP contribution is 2.47. The van der Waals surface area contributed by atoms with E-state index in [4.69, 9.17) is 39.5 Å². The van der Waals surface area contributed by atoms with Crippen LogP contribution >= 0.6 is 34.8 Å². The summed E-state index contributed by atoms with van der Waals surface area (Å²) in [5, 5.41) is 2.13. The topological polar surface area (TPSA) is 9.23 Å². The van der Waals surface area contributed by atoms with E-state index in [0.717, 1.165) is 33.0 Å². The highest BCUT2D eigenvalue weighted by atomic mass is 35.5. The van der Waals surface area contributed by atoms with E-state index in [0.29, 0.717) is 10.0 Å². The average molecular weight is 546 g/mol. The van der Waals surface area contributed by atoms with Crippen LogP contribution in [0.15, 0.2) is 42.5 Å². The van der Waals surface area contributed by atoms with E-state index in [1.54, 1.807) is 0 Å². The van der Waals surface area contributed by atoms with Gasteiger partial charge in [0.1, 0.15) is 5.75 Å². The van der Waals surface area contributed by atoms with Crippen LogP contribution in [0.2, 0.25) is 15.1 Å². The minimum absolute atomic E-state index is 0.000213. The van der Waals surface area contributed by atoms with Crippen molar-refractivity contribution >= 4 is 34.8 Å². The van der Waals surface area contributed by atoms with Crippen molar-refractivity contribution in [3.63, 3.8) is 0 Å². The largest absolute Gasteiger partial charge is 0.491 e. The molecule has 0 radical (unpaired) electrons. The van der Waals surface area contributed by atoms with Gasteiger partial charge in [-0.15, -0.1) is 0 Å². The fourth-order valence-corrected chi connectivity index (χ4v) is 6.25.